The van der Waals surface area contributed by atoms with Crippen LogP contribution in [0.3, 0.4) is 0 Å². The molecule has 0 radical (unpaired) electrons. The Hall–Kier alpha value is -8.02. The Kier molecular flexibility index (Phi) is 20.5. The van der Waals surface area contributed by atoms with Crippen molar-refractivity contribution in [3.63, 3.8) is 0 Å². The number of hydrogen-bond donors (Lipinski definition) is 2. The number of nitro benzene ring substituents is 2. The molecule has 18 nitrogen and oxygen atoms in total. The third-order valence-corrected chi connectivity index (χ3v) is 11.8. The molecule has 2 N–H and O–H groups in total. The number of aliphatic carboxylic acids is 2. The van der Waals surface area contributed by atoms with Crippen molar-refractivity contribution in [2.45, 2.75) is 76.0 Å². The van der Waals surface area contributed by atoms with Gasteiger partial charge in [-0.3, -0.25) is 29.8 Å². The number of esters is 4. The van der Waals surface area contributed by atoms with Crippen LogP contribution in [0.25, 0.3) is 12.2 Å². The van der Waals surface area contributed by atoms with Crippen LogP contribution in [0.15, 0.2) is 109 Å². The van der Waals surface area contributed by atoms with E-state index in [9.17, 15) is 59.2 Å². The summed E-state index contributed by atoms with van der Waals surface area (Å²) in [6.07, 6.45) is 8.35. The Bertz CT molecular complexity index is 2370. The molecule has 0 atom stereocenters. The van der Waals surface area contributed by atoms with Gasteiger partial charge in [0.15, 0.2) is 5.41 Å². The summed E-state index contributed by atoms with van der Waals surface area (Å²) in [5.41, 5.74) is -2.48. The minimum atomic E-state index is -2.58. The number of unbranched alkanes of at least 4 members (excludes halogenated alkanes) is 6. The highest BCUT2D eigenvalue weighted by Gasteiger charge is 2.62. The van der Waals surface area contributed by atoms with Crippen molar-refractivity contribution < 1.29 is 67.8 Å². The number of nitrogens with zero attached hydrogens (tertiary/aromatic N) is 2. The fraction of sp³-hybridized carbons (Fsp3) is 0.333. The third-order valence-electron chi connectivity index (χ3n) is 11.8. The van der Waals surface area contributed by atoms with Crippen molar-refractivity contribution >= 4 is 59.3 Å². The number of methoxy groups -OCH3 is 2. The van der Waals surface area contributed by atoms with Gasteiger partial charge in [0, 0.05) is 48.3 Å². The molecule has 0 saturated carbocycles. The SMILES string of the molecule is COC(=O)C=Cc1ccc(C(=O)OCCCCCCC(CCCCCCOC(=O)c2ccc(C=CC(=O)OC)cc2)(c2ccc([N+](=O)[O-])cc2)C(Cc2ccc([N+](=O)[O-])cc2)(C(=O)O)C(=O)O)cc1. The number of carbonyl (C=O) groups excluding carboxylic acids is 4. The second kappa shape index (κ2) is 26.4. The largest absolute Gasteiger partial charge is 0.480 e. The maximum absolute atomic E-state index is 13.8. The topological polar surface area (TPSA) is 266 Å². The van der Waals surface area contributed by atoms with Crippen molar-refractivity contribution in [1.82, 2.24) is 0 Å². The second-order valence-corrected chi connectivity index (χ2v) is 16.1. The van der Waals surface area contributed by atoms with Gasteiger partial charge in [-0.2, -0.15) is 0 Å². The Balaban J connectivity index is 1.53. The van der Waals surface area contributed by atoms with Crippen LogP contribution < -0.4 is 0 Å². The van der Waals surface area contributed by atoms with E-state index in [0.717, 1.165) is 12.1 Å². The predicted molar refractivity (Wildman–Crippen MR) is 251 cm³/mol. The van der Waals surface area contributed by atoms with Gasteiger partial charge < -0.3 is 29.2 Å². The molecule has 0 spiro atoms. The standard InChI is InChI=1S/C51H54N2O16/c1-66-44(54)29-17-36-11-19-39(20-12-36)46(56)68-33-9-5-3-7-31-50(41-23-27-43(28-24-41)53(64)65,51(48(58)59,49(60)61)35-38-15-25-42(26-16-38)52(62)63)32-8-4-6-10-34-69-47(57)40-21-13-37(14-22-40)18-30-45(55)67-2/h11-30H,3-10,31-35H2,1-2H3,(H,58,59)(H,60,61). The summed E-state index contributed by atoms with van der Waals surface area (Å²) >= 11 is 0. The molecule has 18 heteroatoms. The lowest BCUT2D eigenvalue weighted by Gasteiger charge is -2.47. The maximum atomic E-state index is 13.8. The van der Waals surface area contributed by atoms with Crippen molar-refractivity contribution in [2.24, 2.45) is 5.41 Å². The van der Waals surface area contributed by atoms with Crippen LogP contribution in [0.5, 0.6) is 0 Å². The van der Waals surface area contributed by atoms with Crippen molar-refractivity contribution in [3.8, 4) is 0 Å². The molecule has 0 aliphatic carbocycles. The first-order valence-electron chi connectivity index (χ1n) is 22.1. The monoisotopic (exact) mass is 950 g/mol. The van der Waals surface area contributed by atoms with Gasteiger partial charge in [0.25, 0.3) is 11.4 Å². The Morgan fingerprint density at radius 2 is 0.913 bits per heavy atom. The van der Waals surface area contributed by atoms with Gasteiger partial charge in [-0.1, -0.05) is 87.1 Å². The number of carboxylic acid groups (broad SMARTS) is 2. The van der Waals surface area contributed by atoms with Crippen molar-refractivity contribution in [2.75, 3.05) is 27.4 Å². The summed E-state index contributed by atoms with van der Waals surface area (Å²) < 4.78 is 20.1. The van der Waals surface area contributed by atoms with E-state index in [1.54, 1.807) is 48.5 Å². The molecule has 0 aromatic heterocycles. The number of hydrogen-bond acceptors (Lipinski definition) is 14. The van der Waals surface area contributed by atoms with Crippen LogP contribution in [-0.4, -0.2) is 83.3 Å². The molecule has 364 valence electrons. The lowest BCUT2D eigenvalue weighted by Crippen LogP contribution is -2.57. The zero-order valence-electron chi connectivity index (χ0n) is 38.2. The number of ether oxygens (including phenoxy) is 4. The number of carboxylic acids is 2. The second-order valence-electron chi connectivity index (χ2n) is 16.1. The summed E-state index contributed by atoms with van der Waals surface area (Å²) in [4.78, 5) is 97.8. The summed E-state index contributed by atoms with van der Waals surface area (Å²) in [6.45, 7) is 0.116. The number of carbonyl (C=O) groups is 6. The first-order valence-corrected chi connectivity index (χ1v) is 22.1. The summed E-state index contributed by atoms with van der Waals surface area (Å²) in [5.74, 6) is -5.51. The van der Waals surface area contributed by atoms with Crippen LogP contribution in [0, 0.1) is 25.6 Å². The van der Waals surface area contributed by atoms with E-state index >= 15 is 0 Å². The normalized spacial score (nSPS) is 12.2. The molecule has 0 aliphatic heterocycles. The number of rotatable bonds is 28. The first kappa shape index (κ1) is 53.6. The number of non-ortho nitro benzene ring substituents is 2. The lowest BCUT2D eigenvalue weighted by atomic mass is 9.53. The van der Waals surface area contributed by atoms with Crippen LogP contribution >= 0.6 is 0 Å². The van der Waals surface area contributed by atoms with E-state index in [-0.39, 0.29) is 48.6 Å². The van der Waals surface area contributed by atoms with E-state index in [1.807, 2.05) is 0 Å². The minimum Gasteiger partial charge on any atom is -0.480 e. The number of nitro groups is 2. The van der Waals surface area contributed by atoms with Gasteiger partial charge in [0.1, 0.15) is 0 Å². The molecular formula is C51H54N2O16. The highest BCUT2D eigenvalue weighted by atomic mass is 16.6. The zero-order valence-corrected chi connectivity index (χ0v) is 38.2. The minimum absolute atomic E-state index is 0.00182. The molecule has 4 aromatic rings. The molecule has 0 fully saturated rings. The average molecular weight is 951 g/mol. The molecule has 69 heavy (non-hydrogen) atoms. The highest BCUT2D eigenvalue weighted by Crippen LogP contribution is 2.52. The third kappa shape index (κ3) is 15.0. The first-order chi connectivity index (χ1) is 33.1. The highest BCUT2D eigenvalue weighted by molar-refractivity contribution is 6.01. The van der Waals surface area contributed by atoms with Gasteiger partial charge in [0.2, 0.25) is 0 Å². The fourth-order valence-electron chi connectivity index (χ4n) is 8.04. The molecule has 4 aromatic carbocycles. The van der Waals surface area contributed by atoms with Gasteiger partial charge in [-0.25, -0.2) is 19.2 Å². The van der Waals surface area contributed by atoms with Crippen molar-refractivity contribution in [3.05, 3.63) is 163 Å². The Morgan fingerprint density at radius 3 is 1.28 bits per heavy atom. The molecule has 0 heterocycles. The molecule has 4 rings (SSSR count). The van der Waals surface area contributed by atoms with Crippen LogP contribution in [0.2, 0.25) is 0 Å². The lowest BCUT2D eigenvalue weighted by molar-refractivity contribution is -0.385. The molecular weight excluding hydrogens is 897 g/mol. The van der Waals surface area contributed by atoms with Gasteiger partial charge in [-0.15, -0.1) is 0 Å². The van der Waals surface area contributed by atoms with E-state index < -0.39 is 62.9 Å². The molecule has 0 unspecified atom stereocenters. The Labute approximate surface area is 397 Å². The Morgan fingerprint density at radius 1 is 0.536 bits per heavy atom. The summed E-state index contributed by atoms with van der Waals surface area (Å²) in [5, 5.41) is 45.6. The maximum Gasteiger partial charge on any atom is 0.338 e. The van der Waals surface area contributed by atoms with Gasteiger partial charge in [-0.05, 0) is 84.4 Å². The van der Waals surface area contributed by atoms with Crippen molar-refractivity contribution in [1.29, 1.82) is 0 Å². The van der Waals surface area contributed by atoms with E-state index in [4.69, 9.17) is 9.47 Å². The molecule has 0 bridgehead atoms. The smallest absolute Gasteiger partial charge is 0.338 e. The zero-order chi connectivity index (χ0) is 50.4. The average Bonchev–Trinajstić information content (AvgIpc) is 3.35. The van der Waals surface area contributed by atoms with Gasteiger partial charge >= 0.3 is 35.8 Å². The fourth-order valence-corrected chi connectivity index (χ4v) is 8.04. The van der Waals surface area contributed by atoms with E-state index in [2.05, 4.69) is 9.47 Å². The van der Waals surface area contributed by atoms with Crippen LogP contribution in [0.4, 0.5) is 11.4 Å². The quantitative estimate of drug-likeness (QED) is 0.0102. The van der Waals surface area contributed by atoms with Crippen LogP contribution in [-0.2, 0) is 50.0 Å². The van der Waals surface area contributed by atoms with E-state index in [0.29, 0.717) is 73.6 Å². The van der Waals surface area contributed by atoms with Crippen LogP contribution in [0.1, 0.15) is 107 Å². The predicted octanol–water partition coefficient (Wildman–Crippen LogP) is 9.13. The van der Waals surface area contributed by atoms with Gasteiger partial charge in [0.05, 0.1) is 48.4 Å². The summed E-state index contributed by atoms with van der Waals surface area (Å²) in [6, 6.07) is 22.9. The van der Waals surface area contributed by atoms with E-state index in [1.165, 1.54) is 74.9 Å². The molecule has 0 aliphatic rings. The molecule has 0 amide bonds. The molecule has 0 saturated heterocycles. The number of benzene rings is 4. The summed E-state index contributed by atoms with van der Waals surface area (Å²) in [7, 11) is 2.52.